The van der Waals surface area contributed by atoms with Crippen molar-refractivity contribution >= 4 is 28.6 Å². The number of hydrogen-bond donors (Lipinski definition) is 2. The summed E-state index contributed by atoms with van der Waals surface area (Å²) in [5.74, 6) is -1.000. The maximum atomic E-state index is 13.9. The molecule has 0 saturated carbocycles. The molecule has 0 heterocycles. The van der Waals surface area contributed by atoms with Crippen molar-refractivity contribution in [2.45, 2.75) is 13.8 Å². The molecule has 0 fully saturated rings. The Morgan fingerprint density at radius 1 is 1.10 bits per heavy atom. The number of hydrogen-bond acceptors (Lipinski definition) is 2. The van der Waals surface area contributed by atoms with Gasteiger partial charge in [0, 0.05) is 11.6 Å². The van der Waals surface area contributed by atoms with Gasteiger partial charge in [0.1, 0.15) is 16.6 Å². The normalized spacial score (nSPS) is 10.4. The summed E-state index contributed by atoms with van der Waals surface area (Å²) in [6, 6.07) is 7.66. The zero-order valence-electron chi connectivity index (χ0n) is 11.1. The standard InChI is InChI=1S/C15H14F2N2S/c1-8-4-3-5-10(15(18)20)14(8)19-13-7-11(16)9(2)6-12(13)17/h3-7,19H,1-2H3,(H2,18,20). The first-order chi connectivity index (χ1) is 9.40. The molecular formula is C15H14F2N2S. The van der Waals surface area contributed by atoms with Gasteiger partial charge in [-0.3, -0.25) is 0 Å². The Labute approximate surface area is 121 Å². The van der Waals surface area contributed by atoms with Crippen molar-refractivity contribution in [2.75, 3.05) is 5.32 Å². The van der Waals surface area contributed by atoms with Crippen LogP contribution in [0.5, 0.6) is 0 Å². The third kappa shape index (κ3) is 2.77. The largest absolute Gasteiger partial charge is 0.389 e. The fourth-order valence-electron chi connectivity index (χ4n) is 1.92. The number of thiocarbonyl (C=S) groups is 1. The van der Waals surface area contributed by atoms with Gasteiger partial charge < -0.3 is 11.1 Å². The summed E-state index contributed by atoms with van der Waals surface area (Å²) in [6.07, 6.45) is 0. The van der Waals surface area contributed by atoms with Crippen LogP contribution in [0.25, 0.3) is 0 Å². The molecule has 0 aliphatic heterocycles. The van der Waals surface area contributed by atoms with E-state index < -0.39 is 11.6 Å². The topological polar surface area (TPSA) is 38.0 Å². The lowest BCUT2D eigenvalue weighted by molar-refractivity contribution is 0.595. The Kier molecular flexibility index (Phi) is 3.99. The molecule has 3 N–H and O–H groups in total. The molecule has 0 saturated heterocycles. The molecule has 0 amide bonds. The number of benzene rings is 2. The molecule has 2 rings (SSSR count). The van der Waals surface area contributed by atoms with Crippen molar-refractivity contribution in [1.82, 2.24) is 0 Å². The van der Waals surface area contributed by atoms with E-state index in [9.17, 15) is 8.78 Å². The monoisotopic (exact) mass is 292 g/mol. The minimum Gasteiger partial charge on any atom is -0.389 e. The quantitative estimate of drug-likeness (QED) is 0.841. The summed E-state index contributed by atoms with van der Waals surface area (Å²) < 4.78 is 27.5. The molecule has 0 spiro atoms. The first-order valence-corrected chi connectivity index (χ1v) is 6.43. The Hall–Kier alpha value is -2.01. The van der Waals surface area contributed by atoms with Crippen molar-refractivity contribution in [3.05, 3.63) is 58.7 Å². The van der Waals surface area contributed by atoms with Crippen LogP contribution in [-0.4, -0.2) is 4.99 Å². The lowest BCUT2D eigenvalue weighted by Crippen LogP contribution is -2.13. The Bertz CT molecular complexity index is 684. The molecule has 2 nitrogen and oxygen atoms in total. The highest BCUT2D eigenvalue weighted by molar-refractivity contribution is 7.80. The summed E-state index contributed by atoms with van der Waals surface area (Å²) in [4.78, 5) is 0.198. The van der Waals surface area contributed by atoms with Crippen LogP contribution >= 0.6 is 12.2 Å². The van der Waals surface area contributed by atoms with Crippen LogP contribution in [0.3, 0.4) is 0 Å². The van der Waals surface area contributed by atoms with Gasteiger partial charge in [-0.25, -0.2) is 8.78 Å². The van der Waals surface area contributed by atoms with Crippen molar-refractivity contribution in [3.63, 3.8) is 0 Å². The molecule has 0 radical (unpaired) electrons. The Balaban J connectivity index is 2.50. The maximum absolute atomic E-state index is 13.9. The smallest absolute Gasteiger partial charge is 0.147 e. The molecule has 2 aromatic carbocycles. The fraction of sp³-hybridized carbons (Fsp3) is 0.133. The van der Waals surface area contributed by atoms with Gasteiger partial charge in [-0.2, -0.15) is 0 Å². The molecular weight excluding hydrogens is 278 g/mol. The highest BCUT2D eigenvalue weighted by atomic mass is 32.1. The molecule has 104 valence electrons. The van der Waals surface area contributed by atoms with E-state index in [1.165, 1.54) is 6.92 Å². The molecule has 0 bridgehead atoms. The average Bonchev–Trinajstić information content (AvgIpc) is 2.37. The second-order valence-corrected chi connectivity index (χ2v) is 5.01. The molecule has 0 aromatic heterocycles. The number of nitrogens with two attached hydrogens (primary N) is 1. The van der Waals surface area contributed by atoms with E-state index in [2.05, 4.69) is 5.32 Å². The van der Waals surface area contributed by atoms with Crippen LogP contribution in [0.1, 0.15) is 16.7 Å². The average molecular weight is 292 g/mol. The minimum absolute atomic E-state index is 0.0555. The first kappa shape index (κ1) is 14.4. The number of anilines is 2. The van der Waals surface area contributed by atoms with E-state index >= 15 is 0 Å². The lowest BCUT2D eigenvalue weighted by Gasteiger charge is -2.15. The van der Waals surface area contributed by atoms with Crippen LogP contribution in [0, 0.1) is 25.5 Å². The van der Waals surface area contributed by atoms with Crippen molar-refractivity contribution < 1.29 is 8.78 Å². The highest BCUT2D eigenvalue weighted by Crippen LogP contribution is 2.28. The van der Waals surface area contributed by atoms with E-state index in [0.29, 0.717) is 11.3 Å². The maximum Gasteiger partial charge on any atom is 0.147 e. The first-order valence-electron chi connectivity index (χ1n) is 6.02. The summed E-state index contributed by atoms with van der Waals surface area (Å²) >= 11 is 4.97. The highest BCUT2D eigenvalue weighted by Gasteiger charge is 2.12. The van der Waals surface area contributed by atoms with Gasteiger partial charge in [0.25, 0.3) is 0 Å². The predicted molar refractivity (Wildman–Crippen MR) is 81.4 cm³/mol. The van der Waals surface area contributed by atoms with E-state index in [-0.39, 0.29) is 16.2 Å². The van der Waals surface area contributed by atoms with E-state index in [4.69, 9.17) is 18.0 Å². The van der Waals surface area contributed by atoms with Crippen molar-refractivity contribution in [2.24, 2.45) is 5.73 Å². The number of nitrogens with one attached hydrogen (secondary N) is 1. The number of aryl methyl sites for hydroxylation is 2. The van der Waals surface area contributed by atoms with E-state index in [0.717, 1.165) is 17.7 Å². The molecule has 20 heavy (non-hydrogen) atoms. The Morgan fingerprint density at radius 2 is 1.80 bits per heavy atom. The summed E-state index contributed by atoms with van der Waals surface area (Å²) in [6.45, 7) is 3.35. The van der Waals surface area contributed by atoms with Crippen LogP contribution in [0.4, 0.5) is 20.2 Å². The SMILES string of the molecule is Cc1cc(F)c(Nc2c(C)cccc2C(N)=S)cc1F. The molecule has 0 aliphatic carbocycles. The van der Waals surface area contributed by atoms with E-state index in [1.54, 1.807) is 12.1 Å². The molecule has 0 atom stereocenters. The summed E-state index contributed by atoms with van der Waals surface area (Å²) in [5.41, 5.74) is 7.99. The zero-order chi connectivity index (χ0) is 14.9. The van der Waals surface area contributed by atoms with Gasteiger partial charge in [-0.1, -0.05) is 24.4 Å². The fourth-order valence-corrected chi connectivity index (χ4v) is 2.09. The number of halogens is 2. The van der Waals surface area contributed by atoms with E-state index in [1.807, 2.05) is 13.0 Å². The van der Waals surface area contributed by atoms with Gasteiger partial charge in [0.2, 0.25) is 0 Å². The van der Waals surface area contributed by atoms with Crippen LogP contribution in [0.15, 0.2) is 30.3 Å². The minimum atomic E-state index is -0.527. The molecule has 5 heteroatoms. The van der Waals surface area contributed by atoms with Crippen molar-refractivity contribution in [1.29, 1.82) is 0 Å². The number of rotatable bonds is 3. The van der Waals surface area contributed by atoms with Crippen molar-refractivity contribution in [3.8, 4) is 0 Å². The summed E-state index contributed by atoms with van der Waals surface area (Å²) in [5, 5.41) is 2.88. The predicted octanol–water partition coefficient (Wildman–Crippen LogP) is 3.96. The molecule has 0 unspecified atom stereocenters. The lowest BCUT2D eigenvalue weighted by atomic mass is 10.1. The van der Waals surface area contributed by atoms with Gasteiger partial charge in [0.05, 0.1) is 11.4 Å². The Morgan fingerprint density at radius 3 is 2.45 bits per heavy atom. The van der Waals surface area contributed by atoms with Crippen LogP contribution in [0.2, 0.25) is 0 Å². The second kappa shape index (κ2) is 5.54. The second-order valence-electron chi connectivity index (χ2n) is 4.57. The van der Waals surface area contributed by atoms with Gasteiger partial charge in [-0.05, 0) is 37.1 Å². The third-order valence-electron chi connectivity index (χ3n) is 3.05. The van der Waals surface area contributed by atoms with Gasteiger partial charge >= 0.3 is 0 Å². The zero-order valence-corrected chi connectivity index (χ0v) is 11.9. The summed E-state index contributed by atoms with van der Waals surface area (Å²) in [7, 11) is 0. The third-order valence-corrected chi connectivity index (χ3v) is 3.27. The molecule has 2 aromatic rings. The van der Waals surface area contributed by atoms with Gasteiger partial charge in [0.15, 0.2) is 0 Å². The number of para-hydroxylation sites is 1. The van der Waals surface area contributed by atoms with Crippen LogP contribution in [-0.2, 0) is 0 Å². The van der Waals surface area contributed by atoms with Crippen LogP contribution < -0.4 is 11.1 Å². The van der Waals surface area contributed by atoms with Gasteiger partial charge in [-0.15, -0.1) is 0 Å². The molecule has 0 aliphatic rings.